The molecular weight excluding hydrogens is 278 g/mol. The van der Waals surface area contributed by atoms with Gasteiger partial charge in [0.25, 0.3) is 0 Å². The summed E-state index contributed by atoms with van der Waals surface area (Å²) >= 11 is 4.85. The van der Waals surface area contributed by atoms with Crippen LogP contribution in [0.25, 0.3) is 0 Å². The highest BCUT2D eigenvalue weighted by molar-refractivity contribution is 7.80. The summed E-state index contributed by atoms with van der Waals surface area (Å²) in [7, 11) is 0. The number of rotatable bonds is 5. The Morgan fingerprint density at radius 1 is 1.15 bits per heavy atom. The van der Waals surface area contributed by atoms with Crippen LogP contribution < -0.4 is 11.1 Å². The normalized spacial score (nSPS) is 10.3. The molecule has 5 heteroatoms. The van der Waals surface area contributed by atoms with E-state index in [2.05, 4.69) is 5.32 Å². The summed E-state index contributed by atoms with van der Waals surface area (Å²) < 4.78 is 26.7. The van der Waals surface area contributed by atoms with E-state index in [0.717, 1.165) is 5.56 Å². The number of anilines is 1. The second-order valence-corrected chi connectivity index (χ2v) is 4.77. The molecule has 0 saturated heterocycles. The lowest BCUT2D eigenvalue weighted by molar-refractivity contribution is 0.625. The number of benzene rings is 2. The van der Waals surface area contributed by atoms with Crippen LogP contribution in [0.1, 0.15) is 11.1 Å². The van der Waals surface area contributed by atoms with Gasteiger partial charge in [-0.1, -0.05) is 30.4 Å². The standard InChI is InChI=1S/C15H14F2N2S/c16-11-4-1-3-10(9-11)7-8-19-13-6-2-5-12(17)14(13)15(18)20/h1-6,9,19H,7-8H2,(H2,18,20). The Morgan fingerprint density at radius 2 is 1.90 bits per heavy atom. The van der Waals surface area contributed by atoms with Gasteiger partial charge in [0.2, 0.25) is 0 Å². The first-order valence-electron chi connectivity index (χ1n) is 6.14. The number of thiocarbonyl (C=S) groups is 1. The van der Waals surface area contributed by atoms with Crippen LogP contribution in [0.4, 0.5) is 14.5 Å². The van der Waals surface area contributed by atoms with Crippen molar-refractivity contribution < 1.29 is 8.78 Å². The van der Waals surface area contributed by atoms with Crippen LogP contribution in [0.15, 0.2) is 42.5 Å². The van der Waals surface area contributed by atoms with Crippen molar-refractivity contribution in [1.29, 1.82) is 0 Å². The minimum Gasteiger partial charge on any atom is -0.389 e. The van der Waals surface area contributed by atoms with Gasteiger partial charge in [-0.3, -0.25) is 0 Å². The summed E-state index contributed by atoms with van der Waals surface area (Å²) in [6, 6.07) is 11.0. The van der Waals surface area contributed by atoms with Gasteiger partial charge in [-0.25, -0.2) is 8.78 Å². The predicted molar refractivity (Wildman–Crippen MR) is 80.9 cm³/mol. The van der Waals surface area contributed by atoms with Gasteiger partial charge < -0.3 is 11.1 Å². The fraction of sp³-hybridized carbons (Fsp3) is 0.133. The number of nitrogens with one attached hydrogen (secondary N) is 1. The minimum atomic E-state index is -0.451. The third kappa shape index (κ3) is 3.51. The van der Waals surface area contributed by atoms with Crippen LogP contribution in [-0.4, -0.2) is 11.5 Å². The molecule has 0 amide bonds. The molecule has 2 aromatic rings. The van der Waals surface area contributed by atoms with Gasteiger partial charge >= 0.3 is 0 Å². The van der Waals surface area contributed by atoms with Crippen LogP contribution in [0.3, 0.4) is 0 Å². The van der Waals surface area contributed by atoms with Gasteiger partial charge in [-0.05, 0) is 36.2 Å². The molecular formula is C15H14F2N2S. The fourth-order valence-electron chi connectivity index (χ4n) is 1.96. The Balaban J connectivity index is 2.05. The fourth-order valence-corrected chi connectivity index (χ4v) is 2.16. The zero-order valence-corrected chi connectivity index (χ0v) is 11.5. The molecule has 20 heavy (non-hydrogen) atoms. The van der Waals surface area contributed by atoms with Gasteiger partial charge in [0.05, 0.1) is 5.56 Å². The molecule has 0 heterocycles. The topological polar surface area (TPSA) is 38.0 Å². The Bertz CT molecular complexity index is 629. The van der Waals surface area contributed by atoms with E-state index in [9.17, 15) is 8.78 Å². The van der Waals surface area contributed by atoms with E-state index in [-0.39, 0.29) is 16.4 Å². The lowest BCUT2D eigenvalue weighted by atomic mass is 10.1. The third-order valence-corrected chi connectivity index (χ3v) is 3.08. The van der Waals surface area contributed by atoms with Gasteiger partial charge in [0.1, 0.15) is 16.6 Å². The van der Waals surface area contributed by atoms with Crippen molar-refractivity contribution in [2.45, 2.75) is 6.42 Å². The summed E-state index contributed by atoms with van der Waals surface area (Å²) in [6.07, 6.45) is 0.616. The lowest BCUT2D eigenvalue weighted by Gasteiger charge is -2.12. The molecule has 0 aliphatic rings. The van der Waals surface area contributed by atoms with E-state index in [1.807, 2.05) is 6.07 Å². The van der Waals surface area contributed by atoms with Gasteiger partial charge in [-0.15, -0.1) is 0 Å². The van der Waals surface area contributed by atoms with Gasteiger partial charge in [0, 0.05) is 12.2 Å². The molecule has 0 aromatic heterocycles. The molecule has 3 N–H and O–H groups in total. The molecule has 104 valence electrons. The van der Waals surface area contributed by atoms with E-state index in [4.69, 9.17) is 18.0 Å². The third-order valence-electron chi connectivity index (χ3n) is 2.88. The zero-order chi connectivity index (χ0) is 14.5. The number of hydrogen-bond acceptors (Lipinski definition) is 2. The minimum absolute atomic E-state index is 0.0105. The maximum Gasteiger partial charge on any atom is 0.135 e. The Kier molecular flexibility index (Phi) is 4.63. The zero-order valence-electron chi connectivity index (χ0n) is 10.7. The first-order valence-corrected chi connectivity index (χ1v) is 6.55. The van der Waals surface area contributed by atoms with Gasteiger partial charge in [-0.2, -0.15) is 0 Å². The van der Waals surface area contributed by atoms with Crippen LogP contribution in [0.5, 0.6) is 0 Å². The molecule has 0 aliphatic heterocycles. The van der Waals surface area contributed by atoms with E-state index in [0.29, 0.717) is 18.7 Å². The van der Waals surface area contributed by atoms with Crippen molar-refractivity contribution in [2.75, 3.05) is 11.9 Å². The average molecular weight is 292 g/mol. The molecule has 2 aromatic carbocycles. The van der Waals surface area contributed by atoms with Crippen LogP contribution in [0.2, 0.25) is 0 Å². The molecule has 2 rings (SSSR count). The average Bonchev–Trinajstić information content (AvgIpc) is 2.38. The maximum atomic E-state index is 13.6. The first-order chi connectivity index (χ1) is 9.58. The van der Waals surface area contributed by atoms with Crippen LogP contribution >= 0.6 is 12.2 Å². The van der Waals surface area contributed by atoms with Gasteiger partial charge in [0.15, 0.2) is 0 Å². The van der Waals surface area contributed by atoms with Crippen molar-refractivity contribution in [3.05, 3.63) is 65.2 Å². The summed E-state index contributed by atoms with van der Waals surface area (Å²) in [5.41, 5.74) is 7.15. The molecule has 0 spiro atoms. The second-order valence-electron chi connectivity index (χ2n) is 4.33. The quantitative estimate of drug-likeness (QED) is 0.831. The van der Waals surface area contributed by atoms with Crippen LogP contribution in [-0.2, 0) is 6.42 Å². The molecule has 2 nitrogen and oxygen atoms in total. The monoisotopic (exact) mass is 292 g/mol. The SMILES string of the molecule is NC(=S)c1c(F)cccc1NCCc1cccc(F)c1. The summed E-state index contributed by atoms with van der Waals surface area (Å²) in [6.45, 7) is 0.530. The number of halogens is 2. The second kappa shape index (κ2) is 6.43. The molecule has 0 fully saturated rings. The van der Waals surface area contributed by atoms with Crippen molar-refractivity contribution in [1.82, 2.24) is 0 Å². The smallest absolute Gasteiger partial charge is 0.135 e. The number of nitrogens with two attached hydrogens (primary N) is 1. The molecule has 0 aliphatic carbocycles. The highest BCUT2D eigenvalue weighted by Crippen LogP contribution is 2.19. The molecule has 0 bridgehead atoms. The van der Waals surface area contributed by atoms with Crippen molar-refractivity contribution in [2.24, 2.45) is 5.73 Å². The van der Waals surface area contributed by atoms with Crippen molar-refractivity contribution in [3.8, 4) is 0 Å². The Labute approximate surface area is 121 Å². The Morgan fingerprint density at radius 3 is 2.60 bits per heavy atom. The predicted octanol–water partition coefficient (Wildman–Crippen LogP) is 3.25. The van der Waals surface area contributed by atoms with Crippen molar-refractivity contribution in [3.63, 3.8) is 0 Å². The molecule has 0 atom stereocenters. The summed E-state index contributed by atoms with van der Waals surface area (Å²) in [4.78, 5) is 0.0105. The molecule has 0 radical (unpaired) electrons. The first kappa shape index (κ1) is 14.4. The van der Waals surface area contributed by atoms with E-state index in [1.54, 1.807) is 18.2 Å². The van der Waals surface area contributed by atoms with E-state index < -0.39 is 5.82 Å². The highest BCUT2D eigenvalue weighted by atomic mass is 32.1. The number of hydrogen-bond donors (Lipinski definition) is 2. The summed E-state index contributed by atoms with van der Waals surface area (Å²) in [5, 5.41) is 3.07. The maximum absolute atomic E-state index is 13.6. The highest BCUT2D eigenvalue weighted by Gasteiger charge is 2.10. The largest absolute Gasteiger partial charge is 0.389 e. The Hall–Kier alpha value is -2.01. The molecule has 0 unspecified atom stereocenters. The van der Waals surface area contributed by atoms with Crippen molar-refractivity contribution >= 4 is 22.9 Å². The lowest BCUT2D eigenvalue weighted by Crippen LogP contribution is -2.16. The van der Waals surface area contributed by atoms with Crippen LogP contribution in [0, 0.1) is 11.6 Å². The van der Waals surface area contributed by atoms with E-state index in [1.165, 1.54) is 18.2 Å². The summed E-state index contributed by atoms with van der Waals surface area (Å²) in [5.74, 6) is -0.717. The van der Waals surface area contributed by atoms with E-state index >= 15 is 0 Å². The molecule has 0 saturated carbocycles.